The molecule has 1 fully saturated rings. The van der Waals surface area contributed by atoms with Crippen LogP contribution in [0.2, 0.25) is 0 Å². The van der Waals surface area contributed by atoms with Crippen molar-refractivity contribution in [2.75, 3.05) is 32.4 Å². The first-order valence-electron chi connectivity index (χ1n) is 7.83. The number of aliphatic imine (C=N–C) groups is 1. The zero-order chi connectivity index (χ0) is 16.2. The Labute approximate surface area is 137 Å². The van der Waals surface area contributed by atoms with Crippen LogP contribution in [0.1, 0.15) is 45.3 Å². The number of nitrogens with one attached hydrogen (secondary N) is 1. The zero-order valence-electron chi connectivity index (χ0n) is 14.2. The summed E-state index contributed by atoms with van der Waals surface area (Å²) in [6.07, 6.45) is 0.713. The van der Waals surface area contributed by atoms with Crippen LogP contribution in [0.4, 0.5) is 0 Å². The molecule has 0 aromatic carbocycles. The van der Waals surface area contributed by atoms with E-state index >= 15 is 0 Å². The summed E-state index contributed by atoms with van der Waals surface area (Å²) in [4.78, 5) is 11.1. The van der Waals surface area contributed by atoms with Gasteiger partial charge in [-0.3, -0.25) is 4.99 Å². The third-order valence-corrected chi connectivity index (χ3v) is 4.86. The van der Waals surface area contributed by atoms with Crippen LogP contribution in [0.3, 0.4) is 0 Å². The number of hydrogen-bond donors (Lipinski definition) is 1. The monoisotopic (exact) mass is 325 g/mol. The van der Waals surface area contributed by atoms with Gasteiger partial charge in [0.1, 0.15) is 0 Å². The Balaban J connectivity index is 1.83. The fourth-order valence-electron chi connectivity index (χ4n) is 2.41. The van der Waals surface area contributed by atoms with Gasteiger partial charge in [0, 0.05) is 49.5 Å². The number of rotatable bonds is 4. The van der Waals surface area contributed by atoms with Crippen molar-refractivity contribution in [1.29, 1.82) is 0 Å². The first-order chi connectivity index (χ1) is 10.4. The Bertz CT molecular complexity index is 512. The number of thioether (sulfide) groups is 1. The maximum Gasteiger partial charge on any atom is 0.228 e. The molecule has 0 radical (unpaired) electrons. The van der Waals surface area contributed by atoms with Gasteiger partial charge in [0.05, 0.1) is 0 Å². The Kier molecular flexibility index (Phi) is 5.72. The molecule has 0 unspecified atom stereocenters. The second-order valence-electron chi connectivity index (χ2n) is 6.45. The average molecular weight is 325 g/mol. The second kappa shape index (κ2) is 7.35. The second-order valence-corrected chi connectivity index (χ2v) is 8.26. The molecule has 1 N–H and O–H groups in total. The van der Waals surface area contributed by atoms with Crippen molar-refractivity contribution >= 4 is 17.7 Å². The largest absolute Gasteiger partial charge is 0.356 e. The molecule has 1 aromatic rings. The van der Waals surface area contributed by atoms with E-state index in [0.717, 1.165) is 37.2 Å². The molecule has 0 bridgehead atoms. The van der Waals surface area contributed by atoms with E-state index in [0.29, 0.717) is 18.2 Å². The van der Waals surface area contributed by atoms with Gasteiger partial charge in [0.25, 0.3) is 0 Å². The molecule has 7 heteroatoms. The minimum Gasteiger partial charge on any atom is -0.356 e. The fraction of sp³-hybridized carbons (Fsp3) is 0.800. The smallest absolute Gasteiger partial charge is 0.228 e. The highest BCUT2D eigenvalue weighted by Crippen LogP contribution is 2.29. The third kappa shape index (κ3) is 4.63. The van der Waals surface area contributed by atoms with Gasteiger partial charge < -0.3 is 14.7 Å². The average Bonchev–Trinajstić information content (AvgIpc) is 2.91. The van der Waals surface area contributed by atoms with Gasteiger partial charge in [-0.15, -0.1) is 0 Å². The molecule has 0 atom stereocenters. The summed E-state index contributed by atoms with van der Waals surface area (Å²) in [5, 5.41) is 7.39. The number of guanidine groups is 1. The molecule has 0 aliphatic carbocycles. The first kappa shape index (κ1) is 17.1. The lowest BCUT2D eigenvalue weighted by atomic mass is 10.2. The molecule has 1 aliphatic heterocycles. The molecule has 0 spiro atoms. The summed E-state index contributed by atoms with van der Waals surface area (Å²) >= 11 is 2.02. The highest BCUT2D eigenvalue weighted by Gasteiger charge is 2.28. The van der Waals surface area contributed by atoms with Crippen molar-refractivity contribution in [1.82, 2.24) is 20.4 Å². The van der Waals surface area contributed by atoms with Gasteiger partial charge in [-0.2, -0.15) is 16.7 Å². The highest BCUT2D eigenvalue weighted by molar-refractivity contribution is 8.00. The minimum absolute atomic E-state index is 0.272. The first-order valence-corrected chi connectivity index (χ1v) is 8.82. The SMILES string of the molecule is CN=C(NCCc1nc(C(C)C)no1)N1CCSC(C)(C)C1. The van der Waals surface area contributed by atoms with E-state index in [1.807, 2.05) is 18.8 Å². The molecule has 1 saturated heterocycles. The maximum atomic E-state index is 5.26. The molecular weight excluding hydrogens is 298 g/mol. The molecular formula is C15H27N5OS. The number of nitrogens with zero attached hydrogens (tertiary/aromatic N) is 4. The van der Waals surface area contributed by atoms with E-state index in [1.54, 1.807) is 0 Å². The quantitative estimate of drug-likeness (QED) is 0.676. The van der Waals surface area contributed by atoms with E-state index in [9.17, 15) is 0 Å². The van der Waals surface area contributed by atoms with Crippen LogP contribution in [0.5, 0.6) is 0 Å². The third-order valence-electron chi connectivity index (χ3n) is 3.56. The van der Waals surface area contributed by atoms with Gasteiger partial charge in [-0.1, -0.05) is 19.0 Å². The van der Waals surface area contributed by atoms with E-state index in [2.05, 4.69) is 53.0 Å². The lowest BCUT2D eigenvalue weighted by Gasteiger charge is -2.39. The Morgan fingerprint density at radius 2 is 2.27 bits per heavy atom. The van der Waals surface area contributed by atoms with Gasteiger partial charge in [0.2, 0.25) is 5.89 Å². The normalized spacial score (nSPS) is 18.8. The van der Waals surface area contributed by atoms with Crippen LogP contribution in [0, 0.1) is 0 Å². The molecule has 6 nitrogen and oxygen atoms in total. The summed E-state index contributed by atoms with van der Waals surface area (Å²) in [5.74, 6) is 3.84. The summed E-state index contributed by atoms with van der Waals surface area (Å²) in [5.41, 5.74) is 0. The van der Waals surface area contributed by atoms with Gasteiger partial charge in [-0.05, 0) is 13.8 Å². The lowest BCUT2D eigenvalue weighted by Crippen LogP contribution is -2.51. The van der Waals surface area contributed by atoms with E-state index in [-0.39, 0.29) is 4.75 Å². The number of aromatic nitrogens is 2. The maximum absolute atomic E-state index is 5.26. The Morgan fingerprint density at radius 1 is 1.50 bits per heavy atom. The predicted octanol–water partition coefficient (Wildman–Crippen LogP) is 2.14. The topological polar surface area (TPSA) is 66.5 Å². The predicted molar refractivity (Wildman–Crippen MR) is 91.6 cm³/mol. The van der Waals surface area contributed by atoms with Crippen LogP contribution in [0.15, 0.2) is 9.52 Å². The standard InChI is InChI=1S/C15H27N5OS/c1-11(2)13-18-12(21-19-13)6-7-17-14(16-5)20-8-9-22-15(3,4)10-20/h11H,6-10H2,1-5H3,(H,16,17). The fourth-order valence-corrected chi connectivity index (χ4v) is 3.53. The van der Waals surface area contributed by atoms with Crippen LogP contribution in [-0.2, 0) is 6.42 Å². The molecule has 2 heterocycles. The summed E-state index contributed by atoms with van der Waals surface area (Å²) in [6.45, 7) is 11.5. The molecule has 22 heavy (non-hydrogen) atoms. The Morgan fingerprint density at radius 3 is 2.86 bits per heavy atom. The molecule has 1 aromatic heterocycles. The minimum atomic E-state index is 0.272. The summed E-state index contributed by atoms with van der Waals surface area (Å²) in [7, 11) is 1.83. The van der Waals surface area contributed by atoms with Crippen LogP contribution in [-0.4, -0.2) is 58.2 Å². The Hall–Kier alpha value is -1.24. The lowest BCUT2D eigenvalue weighted by molar-refractivity contribution is 0.363. The molecule has 2 rings (SSSR count). The van der Waals surface area contributed by atoms with Gasteiger partial charge in [0.15, 0.2) is 11.8 Å². The van der Waals surface area contributed by atoms with Gasteiger partial charge >= 0.3 is 0 Å². The highest BCUT2D eigenvalue weighted by atomic mass is 32.2. The molecule has 124 valence electrons. The van der Waals surface area contributed by atoms with E-state index in [1.165, 1.54) is 0 Å². The van der Waals surface area contributed by atoms with Crippen molar-refractivity contribution < 1.29 is 4.52 Å². The molecule has 1 aliphatic rings. The number of hydrogen-bond acceptors (Lipinski definition) is 5. The van der Waals surface area contributed by atoms with Gasteiger partial charge in [-0.25, -0.2) is 0 Å². The van der Waals surface area contributed by atoms with Crippen molar-refractivity contribution in [2.24, 2.45) is 4.99 Å². The van der Waals surface area contributed by atoms with Crippen molar-refractivity contribution in [3.8, 4) is 0 Å². The van der Waals surface area contributed by atoms with Crippen molar-refractivity contribution in [3.63, 3.8) is 0 Å². The van der Waals surface area contributed by atoms with Crippen LogP contribution in [0.25, 0.3) is 0 Å². The molecule has 0 amide bonds. The summed E-state index contributed by atoms with van der Waals surface area (Å²) in [6, 6.07) is 0. The van der Waals surface area contributed by atoms with Crippen LogP contribution >= 0.6 is 11.8 Å². The van der Waals surface area contributed by atoms with E-state index < -0.39 is 0 Å². The van der Waals surface area contributed by atoms with E-state index in [4.69, 9.17) is 4.52 Å². The van der Waals surface area contributed by atoms with Crippen molar-refractivity contribution in [2.45, 2.75) is 44.8 Å². The zero-order valence-corrected chi connectivity index (χ0v) is 15.0. The molecule has 0 saturated carbocycles. The van der Waals surface area contributed by atoms with Crippen molar-refractivity contribution in [3.05, 3.63) is 11.7 Å². The van der Waals surface area contributed by atoms with Crippen LogP contribution < -0.4 is 5.32 Å². The summed E-state index contributed by atoms with van der Waals surface area (Å²) < 4.78 is 5.53.